The molecule has 0 radical (unpaired) electrons. The number of allylic oxidation sites excluding steroid dienone is 1. The topological polar surface area (TPSA) is 71.8 Å². The molecule has 166 valence electrons. The maximum atomic E-state index is 12.9. The molecule has 1 N–H and O–H groups in total. The fourth-order valence-electron chi connectivity index (χ4n) is 5.22. The van der Waals surface area contributed by atoms with Gasteiger partial charge in [-0.3, -0.25) is 19.4 Å². The van der Waals surface area contributed by atoms with Crippen LogP contribution in [0.5, 0.6) is 5.75 Å². The molecule has 1 aromatic heterocycles. The van der Waals surface area contributed by atoms with Crippen molar-refractivity contribution in [2.75, 3.05) is 13.2 Å². The van der Waals surface area contributed by atoms with Crippen molar-refractivity contribution in [1.29, 1.82) is 0 Å². The Balaban J connectivity index is 1.14. The second-order valence-corrected chi connectivity index (χ2v) is 9.57. The van der Waals surface area contributed by atoms with Gasteiger partial charge in [0.1, 0.15) is 12.4 Å². The molecule has 1 fully saturated rings. The smallest absolute Gasteiger partial charge is 0.272 e. The molecule has 0 unspecified atom stereocenters. The molecule has 1 amide bonds. The van der Waals surface area contributed by atoms with Crippen LogP contribution in [0.2, 0.25) is 5.02 Å². The first-order valence-electron chi connectivity index (χ1n) is 11.4. The van der Waals surface area contributed by atoms with E-state index in [9.17, 15) is 4.79 Å². The number of hydrogen-bond donors (Lipinski definition) is 1. The van der Waals surface area contributed by atoms with Gasteiger partial charge in [0.15, 0.2) is 5.69 Å². The molecule has 4 heterocycles. The highest BCUT2D eigenvalue weighted by Gasteiger charge is 2.52. The highest BCUT2D eigenvalue weighted by atomic mass is 35.5. The summed E-state index contributed by atoms with van der Waals surface area (Å²) in [4.78, 5) is 20.2. The Bertz CT molecular complexity index is 1130. The molecule has 8 heteroatoms. The van der Waals surface area contributed by atoms with Crippen molar-refractivity contribution in [3.05, 3.63) is 58.5 Å². The maximum absolute atomic E-state index is 12.9. The van der Waals surface area contributed by atoms with Gasteiger partial charge in [0.25, 0.3) is 5.91 Å². The van der Waals surface area contributed by atoms with Gasteiger partial charge in [0.2, 0.25) is 0 Å². The first-order chi connectivity index (χ1) is 15.6. The van der Waals surface area contributed by atoms with Crippen LogP contribution < -0.4 is 10.1 Å². The van der Waals surface area contributed by atoms with E-state index in [1.165, 1.54) is 18.6 Å². The van der Waals surface area contributed by atoms with Crippen LogP contribution in [0.15, 0.2) is 41.5 Å². The molecule has 32 heavy (non-hydrogen) atoms. The summed E-state index contributed by atoms with van der Waals surface area (Å²) >= 11 is 6.11. The van der Waals surface area contributed by atoms with Crippen molar-refractivity contribution in [2.45, 2.75) is 56.8 Å². The fourth-order valence-corrected chi connectivity index (χ4v) is 5.41. The molecule has 6 rings (SSSR count). The quantitative estimate of drug-likeness (QED) is 0.773. The van der Waals surface area contributed by atoms with E-state index >= 15 is 0 Å². The van der Waals surface area contributed by atoms with E-state index in [2.05, 4.69) is 21.4 Å². The third kappa shape index (κ3) is 3.53. The molecule has 2 aromatic rings. The van der Waals surface area contributed by atoms with Gasteiger partial charge in [0, 0.05) is 30.0 Å². The van der Waals surface area contributed by atoms with Gasteiger partial charge >= 0.3 is 0 Å². The number of rotatable bonds is 4. The summed E-state index contributed by atoms with van der Waals surface area (Å²) in [5.74, 6) is 0.685. The van der Waals surface area contributed by atoms with Crippen molar-refractivity contribution >= 4 is 23.2 Å². The Labute approximate surface area is 192 Å². The fraction of sp³-hybridized carbons (Fsp3) is 0.458. The zero-order valence-corrected chi connectivity index (χ0v) is 18.6. The van der Waals surface area contributed by atoms with Crippen LogP contribution in [0.25, 0.3) is 0 Å². The van der Waals surface area contributed by atoms with Crippen LogP contribution >= 0.6 is 11.6 Å². The predicted molar refractivity (Wildman–Crippen MR) is 122 cm³/mol. The third-order valence-corrected chi connectivity index (χ3v) is 7.28. The van der Waals surface area contributed by atoms with Crippen LogP contribution in [0.3, 0.4) is 0 Å². The van der Waals surface area contributed by atoms with Crippen LogP contribution in [0.1, 0.15) is 47.4 Å². The van der Waals surface area contributed by atoms with E-state index < -0.39 is 0 Å². The molecule has 3 aliphatic heterocycles. The number of ether oxygens (including phenoxy) is 1. The summed E-state index contributed by atoms with van der Waals surface area (Å²) in [6.07, 6.45) is 9.28. The molecule has 1 saturated carbocycles. The summed E-state index contributed by atoms with van der Waals surface area (Å²) < 4.78 is 7.79. The van der Waals surface area contributed by atoms with Gasteiger partial charge in [-0.1, -0.05) is 17.7 Å². The number of carbonyl (C=O) groups is 1. The van der Waals surface area contributed by atoms with E-state index in [0.29, 0.717) is 23.7 Å². The average molecular weight is 452 g/mol. The lowest BCUT2D eigenvalue weighted by molar-refractivity contribution is 0.0909. The second kappa shape index (κ2) is 7.74. The Morgan fingerprint density at radius 3 is 2.97 bits per heavy atom. The van der Waals surface area contributed by atoms with Gasteiger partial charge in [0.05, 0.1) is 23.8 Å². The van der Waals surface area contributed by atoms with Crippen molar-refractivity contribution < 1.29 is 9.53 Å². The van der Waals surface area contributed by atoms with E-state index in [1.807, 2.05) is 35.1 Å². The summed E-state index contributed by atoms with van der Waals surface area (Å²) in [6.45, 7) is 2.99. The summed E-state index contributed by atoms with van der Waals surface area (Å²) in [7, 11) is 0. The number of aliphatic imine (C=N–C) groups is 1. The first kappa shape index (κ1) is 20.0. The SMILES string of the molecule is O=C(N[C@H]1COc2ccc(Cl)cc2C1)c1cc2n(n1)CCN(C1(C3=NC=CCC3)CC1)C2. The van der Waals surface area contributed by atoms with Gasteiger partial charge < -0.3 is 10.1 Å². The molecule has 0 bridgehead atoms. The van der Waals surface area contributed by atoms with Crippen LogP contribution in [-0.4, -0.2) is 51.0 Å². The first-order valence-corrected chi connectivity index (χ1v) is 11.7. The summed E-state index contributed by atoms with van der Waals surface area (Å²) in [6, 6.07) is 7.44. The van der Waals surface area contributed by atoms with Crippen LogP contribution in [0, 0.1) is 0 Å². The van der Waals surface area contributed by atoms with Gasteiger partial charge in [-0.25, -0.2) is 0 Å². The number of amides is 1. The monoisotopic (exact) mass is 451 g/mol. The zero-order chi connectivity index (χ0) is 21.7. The lowest BCUT2D eigenvalue weighted by Crippen LogP contribution is -2.47. The molecule has 1 aliphatic carbocycles. The Hall–Kier alpha value is -2.64. The molecule has 4 aliphatic rings. The summed E-state index contributed by atoms with van der Waals surface area (Å²) in [5, 5.41) is 8.36. The maximum Gasteiger partial charge on any atom is 0.272 e. The number of halogens is 1. The minimum atomic E-state index is -0.152. The summed E-state index contributed by atoms with van der Waals surface area (Å²) in [5.41, 5.74) is 4.03. The highest BCUT2D eigenvalue weighted by Crippen LogP contribution is 2.46. The van der Waals surface area contributed by atoms with Gasteiger partial charge in [-0.2, -0.15) is 5.10 Å². The van der Waals surface area contributed by atoms with Crippen molar-refractivity contribution in [2.24, 2.45) is 4.99 Å². The number of fused-ring (bicyclic) bond motifs is 2. The van der Waals surface area contributed by atoms with Crippen LogP contribution in [-0.2, 0) is 19.5 Å². The number of benzene rings is 1. The third-order valence-electron chi connectivity index (χ3n) is 7.04. The van der Waals surface area contributed by atoms with E-state index in [1.54, 1.807) is 0 Å². The molecule has 1 aromatic carbocycles. The van der Waals surface area contributed by atoms with Gasteiger partial charge in [-0.15, -0.1) is 0 Å². The Kier molecular flexibility index (Phi) is 4.84. The molecule has 0 spiro atoms. The normalized spacial score (nSPS) is 23.5. The minimum absolute atomic E-state index is 0.101. The average Bonchev–Trinajstić information content (AvgIpc) is 3.51. The van der Waals surface area contributed by atoms with Crippen molar-refractivity contribution in [3.8, 4) is 5.75 Å². The van der Waals surface area contributed by atoms with E-state index in [0.717, 1.165) is 49.5 Å². The Morgan fingerprint density at radius 1 is 1.25 bits per heavy atom. The standard InChI is InChI=1S/C24H26ClN5O2/c25-17-4-5-21-16(11-17)12-18(15-32-21)27-23(31)20-13-19-14-29(9-10-30(19)28-20)24(6-7-24)22-3-1-2-8-26-22/h2,4-5,8,11,13,18H,1,3,6-7,9-10,12,14-15H2,(H,27,31)/t18-/m1/s1. The van der Waals surface area contributed by atoms with Crippen molar-refractivity contribution in [3.63, 3.8) is 0 Å². The number of nitrogens with zero attached hydrogens (tertiary/aromatic N) is 4. The number of aromatic nitrogens is 2. The largest absolute Gasteiger partial charge is 0.491 e. The Morgan fingerprint density at radius 2 is 2.16 bits per heavy atom. The lowest BCUT2D eigenvalue weighted by Gasteiger charge is -2.36. The molecular weight excluding hydrogens is 426 g/mol. The lowest BCUT2D eigenvalue weighted by atomic mass is 10.00. The van der Waals surface area contributed by atoms with E-state index in [4.69, 9.17) is 21.3 Å². The minimum Gasteiger partial charge on any atom is -0.491 e. The number of nitrogens with one attached hydrogen (secondary N) is 1. The van der Waals surface area contributed by atoms with E-state index in [-0.39, 0.29) is 17.5 Å². The number of carbonyl (C=O) groups excluding carboxylic acids is 1. The molecular formula is C24H26ClN5O2. The van der Waals surface area contributed by atoms with Crippen LogP contribution in [0.4, 0.5) is 0 Å². The predicted octanol–water partition coefficient (Wildman–Crippen LogP) is 3.37. The highest BCUT2D eigenvalue weighted by molar-refractivity contribution is 6.30. The zero-order valence-electron chi connectivity index (χ0n) is 17.9. The second-order valence-electron chi connectivity index (χ2n) is 9.13. The van der Waals surface area contributed by atoms with Gasteiger partial charge in [-0.05, 0) is 61.9 Å². The number of hydrogen-bond acceptors (Lipinski definition) is 5. The molecule has 0 saturated heterocycles. The van der Waals surface area contributed by atoms with Crippen molar-refractivity contribution in [1.82, 2.24) is 20.0 Å². The molecule has 1 atom stereocenters. The molecule has 7 nitrogen and oxygen atoms in total.